The van der Waals surface area contributed by atoms with Gasteiger partial charge < -0.3 is 10.2 Å². The predicted octanol–water partition coefficient (Wildman–Crippen LogP) is 2.41. The van der Waals surface area contributed by atoms with Gasteiger partial charge in [-0.15, -0.1) is 0 Å². The molecule has 0 spiro atoms. The van der Waals surface area contributed by atoms with Crippen molar-refractivity contribution < 1.29 is 0 Å². The molecule has 0 radical (unpaired) electrons. The summed E-state index contributed by atoms with van der Waals surface area (Å²) >= 11 is 0. The van der Waals surface area contributed by atoms with Gasteiger partial charge in [0.1, 0.15) is 0 Å². The Bertz CT molecular complexity index is 377. The number of likely N-dealkylation sites (tertiary alicyclic amines) is 1. The van der Waals surface area contributed by atoms with E-state index in [0.29, 0.717) is 0 Å². The van der Waals surface area contributed by atoms with Crippen molar-refractivity contribution in [3.05, 3.63) is 0 Å². The summed E-state index contributed by atoms with van der Waals surface area (Å²) < 4.78 is 0. The maximum Gasteiger partial charge on any atom is 0.193 e. The zero-order valence-corrected chi connectivity index (χ0v) is 14.7. The zero-order chi connectivity index (χ0) is 15.5. The third kappa shape index (κ3) is 4.61. The highest BCUT2D eigenvalue weighted by atomic mass is 15.3. The number of guanidine groups is 1. The van der Waals surface area contributed by atoms with E-state index in [1.165, 1.54) is 45.2 Å². The second kappa shape index (κ2) is 7.20. The summed E-state index contributed by atoms with van der Waals surface area (Å²) in [7, 11) is 1.93. The van der Waals surface area contributed by atoms with Crippen LogP contribution in [0.3, 0.4) is 0 Å². The molecule has 0 aromatic rings. The first-order valence-corrected chi connectivity index (χ1v) is 9.35. The minimum atomic E-state index is 0.778. The Morgan fingerprint density at radius 2 is 1.82 bits per heavy atom. The molecule has 0 amide bonds. The van der Waals surface area contributed by atoms with Crippen molar-refractivity contribution in [2.45, 2.75) is 52.0 Å². The second-order valence-corrected chi connectivity index (χ2v) is 7.99. The number of piperidine rings is 1. The van der Waals surface area contributed by atoms with Crippen LogP contribution in [-0.4, -0.2) is 61.6 Å². The average molecular weight is 306 g/mol. The van der Waals surface area contributed by atoms with Crippen LogP contribution in [0.1, 0.15) is 46.0 Å². The van der Waals surface area contributed by atoms with Gasteiger partial charge in [0.05, 0.1) is 0 Å². The largest absolute Gasteiger partial charge is 0.355 e. The van der Waals surface area contributed by atoms with Gasteiger partial charge in [-0.05, 0) is 49.9 Å². The summed E-state index contributed by atoms with van der Waals surface area (Å²) in [5, 5.41) is 3.62. The lowest BCUT2D eigenvalue weighted by molar-refractivity contribution is 0.206. The number of nitrogens with one attached hydrogen (secondary N) is 1. The Hall–Kier alpha value is -0.770. The van der Waals surface area contributed by atoms with Crippen LogP contribution in [-0.2, 0) is 0 Å². The molecule has 4 nitrogen and oxygen atoms in total. The van der Waals surface area contributed by atoms with Crippen LogP contribution in [0, 0.1) is 17.8 Å². The van der Waals surface area contributed by atoms with Crippen molar-refractivity contribution in [3.63, 3.8) is 0 Å². The normalized spacial score (nSPS) is 30.0. The first-order chi connectivity index (χ1) is 10.7. The molecule has 0 aromatic heterocycles. The standard InChI is InChI=1S/C18H34N4/c1-14-10-15(2)12-22(11-14)18(19-3)20-8-9-21(17-6-7-17)13-16-4-5-16/h14-17H,4-13H2,1-3H3,(H,19,20). The summed E-state index contributed by atoms with van der Waals surface area (Å²) in [5.74, 6) is 3.67. The molecule has 1 saturated heterocycles. The Morgan fingerprint density at radius 1 is 1.14 bits per heavy atom. The molecule has 22 heavy (non-hydrogen) atoms. The fraction of sp³-hybridized carbons (Fsp3) is 0.944. The molecule has 2 saturated carbocycles. The maximum absolute atomic E-state index is 4.52. The van der Waals surface area contributed by atoms with Gasteiger partial charge in [0.25, 0.3) is 0 Å². The van der Waals surface area contributed by atoms with Crippen LogP contribution < -0.4 is 5.32 Å². The molecular weight excluding hydrogens is 272 g/mol. The van der Waals surface area contributed by atoms with Gasteiger partial charge in [-0.2, -0.15) is 0 Å². The SMILES string of the molecule is CN=C(NCCN(CC1CC1)C1CC1)N1CC(C)CC(C)C1. The van der Waals surface area contributed by atoms with Gasteiger partial charge in [-0.25, -0.2) is 0 Å². The van der Waals surface area contributed by atoms with Crippen LogP contribution in [0.15, 0.2) is 4.99 Å². The summed E-state index contributed by atoms with van der Waals surface area (Å²) in [5.41, 5.74) is 0. The molecule has 1 aliphatic heterocycles. The smallest absolute Gasteiger partial charge is 0.193 e. The van der Waals surface area contributed by atoms with Crippen molar-refractivity contribution in [2.75, 3.05) is 39.8 Å². The summed E-state index contributed by atoms with van der Waals surface area (Å²) in [6, 6.07) is 0.888. The lowest BCUT2D eigenvalue weighted by Crippen LogP contribution is -2.50. The number of nitrogens with zero attached hydrogens (tertiary/aromatic N) is 3. The summed E-state index contributed by atoms with van der Waals surface area (Å²) in [6.45, 7) is 10.6. The average Bonchev–Trinajstić information content (AvgIpc) is 3.35. The number of rotatable bonds is 6. The Balaban J connectivity index is 1.44. The number of hydrogen-bond donors (Lipinski definition) is 1. The lowest BCUT2D eigenvalue weighted by atomic mass is 9.92. The van der Waals surface area contributed by atoms with Crippen LogP contribution in [0.4, 0.5) is 0 Å². The minimum absolute atomic E-state index is 0.778. The predicted molar refractivity (Wildman–Crippen MR) is 93.2 cm³/mol. The van der Waals surface area contributed by atoms with Gasteiger partial charge >= 0.3 is 0 Å². The highest BCUT2D eigenvalue weighted by Gasteiger charge is 2.33. The number of hydrogen-bond acceptors (Lipinski definition) is 2. The Kier molecular flexibility index (Phi) is 5.27. The van der Waals surface area contributed by atoms with E-state index in [2.05, 4.69) is 34.0 Å². The summed E-state index contributed by atoms with van der Waals surface area (Å²) in [6.07, 6.45) is 7.11. The van der Waals surface area contributed by atoms with Crippen molar-refractivity contribution in [1.29, 1.82) is 0 Å². The molecular formula is C18H34N4. The second-order valence-electron chi connectivity index (χ2n) is 7.99. The molecule has 4 heteroatoms. The van der Waals surface area contributed by atoms with Gasteiger partial charge in [0, 0.05) is 45.8 Å². The maximum atomic E-state index is 4.52. The Labute approximate surface area is 136 Å². The van der Waals surface area contributed by atoms with Crippen molar-refractivity contribution >= 4 is 5.96 Å². The fourth-order valence-corrected chi connectivity index (χ4v) is 3.97. The fourth-order valence-electron chi connectivity index (χ4n) is 3.97. The van der Waals surface area contributed by atoms with E-state index in [0.717, 1.165) is 49.4 Å². The molecule has 3 fully saturated rings. The molecule has 1 N–H and O–H groups in total. The van der Waals surface area contributed by atoms with Crippen molar-refractivity contribution in [1.82, 2.24) is 15.1 Å². The molecule has 3 aliphatic rings. The lowest BCUT2D eigenvalue weighted by Gasteiger charge is -2.37. The van der Waals surface area contributed by atoms with Crippen LogP contribution in [0.5, 0.6) is 0 Å². The summed E-state index contributed by atoms with van der Waals surface area (Å²) in [4.78, 5) is 9.71. The van der Waals surface area contributed by atoms with Gasteiger partial charge in [-0.3, -0.25) is 9.89 Å². The van der Waals surface area contributed by atoms with Crippen molar-refractivity contribution in [3.8, 4) is 0 Å². The highest BCUT2D eigenvalue weighted by Crippen LogP contribution is 2.34. The monoisotopic (exact) mass is 306 g/mol. The molecule has 3 rings (SSSR count). The molecule has 0 bridgehead atoms. The van der Waals surface area contributed by atoms with Gasteiger partial charge in [-0.1, -0.05) is 13.8 Å². The molecule has 126 valence electrons. The quantitative estimate of drug-likeness (QED) is 0.604. The first-order valence-electron chi connectivity index (χ1n) is 9.35. The van der Waals surface area contributed by atoms with E-state index in [1.54, 1.807) is 0 Å². The van der Waals surface area contributed by atoms with Crippen LogP contribution >= 0.6 is 0 Å². The zero-order valence-electron chi connectivity index (χ0n) is 14.7. The molecule has 1 heterocycles. The van der Waals surface area contributed by atoms with E-state index >= 15 is 0 Å². The third-order valence-corrected chi connectivity index (χ3v) is 5.32. The van der Waals surface area contributed by atoms with E-state index in [-0.39, 0.29) is 0 Å². The first kappa shape index (κ1) is 16.1. The van der Waals surface area contributed by atoms with Crippen LogP contribution in [0.2, 0.25) is 0 Å². The van der Waals surface area contributed by atoms with Gasteiger partial charge in [0.2, 0.25) is 0 Å². The third-order valence-electron chi connectivity index (χ3n) is 5.32. The highest BCUT2D eigenvalue weighted by molar-refractivity contribution is 5.80. The molecule has 2 atom stereocenters. The Morgan fingerprint density at radius 3 is 2.36 bits per heavy atom. The van der Waals surface area contributed by atoms with E-state index in [1.807, 2.05) is 7.05 Å². The van der Waals surface area contributed by atoms with E-state index in [9.17, 15) is 0 Å². The van der Waals surface area contributed by atoms with Crippen molar-refractivity contribution in [2.24, 2.45) is 22.7 Å². The minimum Gasteiger partial charge on any atom is -0.355 e. The molecule has 0 aromatic carbocycles. The van der Waals surface area contributed by atoms with E-state index in [4.69, 9.17) is 0 Å². The topological polar surface area (TPSA) is 30.9 Å². The molecule has 2 aliphatic carbocycles. The van der Waals surface area contributed by atoms with Crippen LogP contribution in [0.25, 0.3) is 0 Å². The number of aliphatic imine (C=N–C) groups is 1. The van der Waals surface area contributed by atoms with Gasteiger partial charge in [0.15, 0.2) is 5.96 Å². The molecule has 2 unspecified atom stereocenters. The van der Waals surface area contributed by atoms with E-state index < -0.39 is 0 Å².